The largest absolute Gasteiger partial charge is 0.387 e. The lowest BCUT2D eigenvalue weighted by molar-refractivity contribution is -0.194. The first kappa shape index (κ1) is 10.9. The van der Waals surface area contributed by atoms with Gasteiger partial charge in [0, 0.05) is 5.56 Å². The van der Waals surface area contributed by atoms with Gasteiger partial charge >= 0.3 is 0 Å². The van der Waals surface area contributed by atoms with Crippen LogP contribution < -0.4 is 0 Å². The van der Waals surface area contributed by atoms with Crippen LogP contribution in [0.5, 0.6) is 0 Å². The Morgan fingerprint density at radius 2 is 1.78 bits per heavy atom. The van der Waals surface area contributed by atoms with E-state index in [4.69, 9.17) is 18.9 Å². The van der Waals surface area contributed by atoms with Gasteiger partial charge in [-0.15, -0.1) is 0 Å². The van der Waals surface area contributed by atoms with Gasteiger partial charge in [0.2, 0.25) is 0 Å². The summed E-state index contributed by atoms with van der Waals surface area (Å²) in [6.45, 7) is 0.404. The SMILES string of the molecule is O[C@H]1[C@H]2O[C@@H](c3ccccc3)O[C@@H]2[C@@H]2OC[C@H]1O2. The fraction of sp³-hybridized carbons (Fsp3) is 0.538. The van der Waals surface area contributed by atoms with Gasteiger partial charge in [0.1, 0.15) is 24.4 Å². The van der Waals surface area contributed by atoms with E-state index >= 15 is 0 Å². The lowest BCUT2D eigenvalue weighted by atomic mass is 10.0. The summed E-state index contributed by atoms with van der Waals surface area (Å²) in [4.78, 5) is 0. The minimum absolute atomic E-state index is 0.297. The number of hydrogen-bond acceptors (Lipinski definition) is 5. The Hall–Kier alpha value is -0.980. The summed E-state index contributed by atoms with van der Waals surface area (Å²) in [7, 11) is 0. The summed E-state index contributed by atoms with van der Waals surface area (Å²) in [6, 6.07) is 9.68. The highest BCUT2D eigenvalue weighted by Crippen LogP contribution is 2.41. The lowest BCUT2D eigenvalue weighted by Crippen LogP contribution is -2.52. The predicted octanol–water partition coefficient (Wildman–Crippen LogP) is 0.585. The molecule has 2 bridgehead atoms. The van der Waals surface area contributed by atoms with Gasteiger partial charge in [-0.25, -0.2) is 0 Å². The molecular formula is C13H14O5. The molecule has 0 aliphatic carbocycles. The molecule has 0 unspecified atom stereocenters. The van der Waals surface area contributed by atoms with Crippen molar-refractivity contribution in [2.45, 2.75) is 37.0 Å². The highest BCUT2D eigenvalue weighted by molar-refractivity contribution is 5.17. The van der Waals surface area contributed by atoms with Gasteiger partial charge in [-0.1, -0.05) is 30.3 Å². The van der Waals surface area contributed by atoms with Crippen LogP contribution in [0.15, 0.2) is 30.3 Å². The van der Waals surface area contributed by atoms with Gasteiger partial charge in [-0.2, -0.15) is 0 Å². The zero-order valence-electron chi connectivity index (χ0n) is 9.64. The summed E-state index contributed by atoms with van der Waals surface area (Å²) < 4.78 is 22.6. The Balaban J connectivity index is 1.60. The molecule has 0 amide bonds. The summed E-state index contributed by atoms with van der Waals surface area (Å²) in [5, 5.41) is 10.1. The van der Waals surface area contributed by atoms with Crippen molar-refractivity contribution in [2.75, 3.05) is 6.61 Å². The Kier molecular flexibility index (Phi) is 2.43. The van der Waals surface area contributed by atoms with E-state index in [2.05, 4.69) is 0 Å². The van der Waals surface area contributed by atoms with E-state index in [9.17, 15) is 5.11 Å². The maximum Gasteiger partial charge on any atom is 0.187 e. The maximum atomic E-state index is 10.1. The zero-order chi connectivity index (χ0) is 12.1. The fourth-order valence-corrected chi connectivity index (χ4v) is 2.74. The Bertz CT molecular complexity index is 430. The van der Waals surface area contributed by atoms with Gasteiger partial charge in [-0.3, -0.25) is 0 Å². The molecule has 18 heavy (non-hydrogen) atoms. The predicted molar refractivity (Wildman–Crippen MR) is 59.5 cm³/mol. The molecule has 1 aromatic rings. The number of aliphatic hydroxyl groups excluding tert-OH is 1. The normalized spacial score (nSPS) is 46.1. The maximum absolute atomic E-state index is 10.1. The van der Waals surface area contributed by atoms with Crippen LogP contribution in [-0.4, -0.2) is 42.4 Å². The average Bonchev–Trinajstić information content (AvgIpc) is 3.04. The summed E-state index contributed by atoms with van der Waals surface area (Å²) >= 11 is 0. The average molecular weight is 250 g/mol. The Labute approximate surface area is 104 Å². The van der Waals surface area contributed by atoms with Crippen molar-refractivity contribution < 1.29 is 24.1 Å². The Morgan fingerprint density at radius 3 is 2.61 bits per heavy atom. The molecule has 1 aromatic carbocycles. The molecule has 96 valence electrons. The first-order chi connectivity index (χ1) is 8.83. The summed E-state index contributed by atoms with van der Waals surface area (Å²) in [5.74, 6) is 0. The molecule has 3 aliphatic heterocycles. The van der Waals surface area contributed by atoms with Crippen LogP contribution in [0.1, 0.15) is 11.9 Å². The molecule has 0 saturated carbocycles. The number of aliphatic hydroxyl groups is 1. The third-order valence-corrected chi connectivity index (χ3v) is 3.68. The number of benzene rings is 1. The van der Waals surface area contributed by atoms with Crippen molar-refractivity contribution in [3.8, 4) is 0 Å². The molecule has 5 heteroatoms. The minimum Gasteiger partial charge on any atom is -0.387 e. The van der Waals surface area contributed by atoms with Crippen molar-refractivity contribution in [1.29, 1.82) is 0 Å². The molecule has 0 aromatic heterocycles. The molecule has 3 aliphatic rings. The topological polar surface area (TPSA) is 57.2 Å². The van der Waals surface area contributed by atoms with E-state index < -0.39 is 18.7 Å². The second-order valence-corrected chi connectivity index (χ2v) is 4.81. The molecule has 0 spiro atoms. The van der Waals surface area contributed by atoms with Gasteiger partial charge in [0.05, 0.1) is 6.61 Å². The number of fused-ring (bicyclic) bond motifs is 4. The van der Waals surface area contributed by atoms with Crippen molar-refractivity contribution in [2.24, 2.45) is 0 Å². The van der Waals surface area contributed by atoms with Crippen LogP contribution >= 0.6 is 0 Å². The van der Waals surface area contributed by atoms with Crippen molar-refractivity contribution in [1.82, 2.24) is 0 Å². The minimum atomic E-state index is -0.692. The number of ether oxygens (including phenoxy) is 4. The Morgan fingerprint density at radius 1 is 1.00 bits per heavy atom. The van der Waals surface area contributed by atoms with Gasteiger partial charge in [0.15, 0.2) is 12.6 Å². The van der Waals surface area contributed by atoms with Crippen LogP contribution in [-0.2, 0) is 18.9 Å². The first-order valence-corrected chi connectivity index (χ1v) is 6.14. The van der Waals surface area contributed by atoms with Crippen LogP contribution in [0.25, 0.3) is 0 Å². The third-order valence-electron chi connectivity index (χ3n) is 3.68. The molecule has 3 fully saturated rings. The molecule has 5 nitrogen and oxygen atoms in total. The van der Waals surface area contributed by atoms with E-state index in [1.54, 1.807) is 0 Å². The van der Waals surface area contributed by atoms with Crippen molar-refractivity contribution in [3.05, 3.63) is 35.9 Å². The van der Waals surface area contributed by atoms with Gasteiger partial charge in [0.25, 0.3) is 0 Å². The smallest absolute Gasteiger partial charge is 0.187 e. The zero-order valence-corrected chi connectivity index (χ0v) is 9.64. The highest BCUT2D eigenvalue weighted by Gasteiger charge is 2.56. The quantitative estimate of drug-likeness (QED) is 0.790. The lowest BCUT2D eigenvalue weighted by Gasteiger charge is -2.31. The molecular weight excluding hydrogens is 236 g/mol. The van der Waals surface area contributed by atoms with Crippen molar-refractivity contribution >= 4 is 0 Å². The third kappa shape index (κ3) is 1.52. The van der Waals surface area contributed by atoms with E-state index in [0.717, 1.165) is 5.56 Å². The van der Waals surface area contributed by atoms with Crippen LogP contribution in [0.3, 0.4) is 0 Å². The molecule has 3 saturated heterocycles. The monoisotopic (exact) mass is 250 g/mol. The number of rotatable bonds is 1. The summed E-state index contributed by atoms with van der Waals surface area (Å²) in [6.07, 6.45) is -2.60. The van der Waals surface area contributed by atoms with E-state index in [1.807, 2.05) is 30.3 Å². The highest BCUT2D eigenvalue weighted by atomic mass is 16.8. The first-order valence-electron chi connectivity index (χ1n) is 6.14. The molecule has 0 radical (unpaired) electrons. The van der Waals surface area contributed by atoms with Gasteiger partial charge in [-0.05, 0) is 0 Å². The molecule has 4 rings (SSSR count). The van der Waals surface area contributed by atoms with Gasteiger partial charge < -0.3 is 24.1 Å². The van der Waals surface area contributed by atoms with E-state index in [0.29, 0.717) is 6.61 Å². The summed E-state index contributed by atoms with van der Waals surface area (Å²) in [5.41, 5.74) is 0.940. The van der Waals surface area contributed by atoms with Crippen LogP contribution in [0.4, 0.5) is 0 Å². The number of hydrogen-bond donors (Lipinski definition) is 1. The second kappa shape index (κ2) is 4.01. The van der Waals surface area contributed by atoms with Crippen LogP contribution in [0.2, 0.25) is 0 Å². The standard InChI is InChI=1S/C13H14O5/c14-9-8-6-15-13(16-8)11-10(9)17-12(18-11)7-4-2-1-3-5-7/h1-5,8-14H,6H2/t8-,9-,10-,11+,12-,13-/m1/s1. The van der Waals surface area contributed by atoms with E-state index in [-0.39, 0.29) is 18.3 Å². The molecule has 6 atom stereocenters. The molecule has 3 heterocycles. The van der Waals surface area contributed by atoms with E-state index in [1.165, 1.54) is 0 Å². The fourth-order valence-electron chi connectivity index (χ4n) is 2.74. The van der Waals surface area contributed by atoms with Crippen molar-refractivity contribution in [3.63, 3.8) is 0 Å². The van der Waals surface area contributed by atoms with Crippen LogP contribution in [0, 0.1) is 0 Å². The molecule has 1 N–H and O–H groups in total. The second-order valence-electron chi connectivity index (χ2n) is 4.81.